The van der Waals surface area contributed by atoms with E-state index in [2.05, 4.69) is 41.8 Å². The van der Waals surface area contributed by atoms with E-state index >= 15 is 0 Å². The highest BCUT2D eigenvalue weighted by Crippen LogP contribution is 2.06. The van der Waals surface area contributed by atoms with Crippen LogP contribution in [0.25, 0.3) is 0 Å². The van der Waals surface area contributed by atoms with Crippen LogP contribution in [0.5, 0.6) is 0 Å². The maximum atomic E-state index is 3.74. The smallest absolute Gasteiger partial charge is 0.0220 e. The van der Waals surface area contributed by atoms with Gasteiger partial charge >= 0.3 is 0 Å². The lowest BCUT2D eigenvalue weighted by molar-refractivity contribution is 0.590. The second-order valence-electron chi connectivity index (χ2n) is 4.57. The second kappa shape index (κ2) is 9.06. The fourth-order valence-corrected chi connectivity index (χ4v) is 1.90. The molecular weight excluding hydrogens is 208 g/mol. The van der Waals surface area contributed by atoms with E-state index in [9.17, 15) is 0 Å². The van der Waals surface area contributed by atoms with Gasteiger partial charge in [0.2, 0.25) is 0 Å². The van der Waals surface area contributed by atoms with Crippen molar-refractivity contribution < 1.29 is 0 Å². The van der Waals surface area contributed by atoms with Gasteiger partial charge in [0.25, 0.3) is 0 Å². The molecule has 1 N–H and O–H groups in total. The molecule has 1 aromatic rings. The Kier molecular flexibility index (Phi) is 7.48. The molecule has 0 amide bonds. The summed E-state index contributed by atoms with van der Waals surface area (Å²) in [5.74, 6) is 0. The van der Waals surface area contributed by atoms with Gasteiger partial charge in [-0.3, -0.25) is 0 Å². The first-order valence-electron chi connectivity index (χ1n) is 6.83. The summed E-state index contributed by atoms with van der Waals surface area (Å²) in [5, 5.41) is 3.42. The van der Waals surface area contributed by atoms with Crippen LogP contribution in [0, 0.1) is 0 Å². The minimum Gasteiger partial charge on any atom is -0.354 e. The lowest BCUT2D eigenvalue weighted by Crippen LogP contribution is -2.13. The van der Waals surface area contributed by atoms with Crippen LogP contribution in [-0.4, -0.2) is 11.1 Å². The first-order valence-corrected chi connectivity index (χ1v) is 6.83. The number of allylic oxidation sites excluding steroid dienone is 1. The predicted molar refractivity (Wildman–Crippen MR) is 75.1 cm³/mol. The van der Waals surface area contributed by atoms with Gasteiger partial charge < -0.3 is 9.88 Å². The molecule has 2 nitrogen and oxygen atoms in total. The van der Waals surface area contributed by atoms with E-state index in [0.717, 1.165) is 26.1 Å². The Bertz CT molecular complexity index is 302. The first-order chi connectivity index (χ1) is 8.36. The Morgan fingerprint density at radius 2 is 2.24 bits per heavy atom. The van der Waals surface area contributed by atoms with E-state index in [1.165, 1.54) is 31.2 Å². The summed E-state index contributed by atoms with van der Waals surface area (Å²) in [4.78, 5) is 0. The average Bonchev–Trinajstić information content (AvgIpc) is 2.77. The van der Waals surface area contributed by atoms with E-state index in [-0.39, 0.29) is 0 Å². The number of aromatic nitrogens is 1. The fourth-order valence-electron chi connectivity index (χ4n) is 1.90. The summed E-state index contributed by atoms with van der Waals surface area (Å²) in [7, 11) is 0. The highest BCUT2D eigenvalue weighted by Gasteiger charge is 1.96. The normalized spacial score (nSPS) is 10.6. The van der Waals surface area contributed by atoms with Crippen LogP contribution in [0.2, 0.25) is 0 Å². The Balaban J connectivity index is 2.14. The third-order valence-electron chi connectivity index (χ3n) is 2.89. The van der Waals surface area contributed by atoms with Crippen molar-refractivity contribution in [1.82, 2.24) is 9.88 Å². The largest absolute Gasteiger partial charge is 0.354 e. The zero-order valence-corrected chi connectivity index (χ0v) is 11.1. The van der Waals surface area contributed by atoms with Crippen LogP contribution in [0.3, 0.4) is 0 Å². The van der Waals surface area contributed by atoms with Gasteiger partial charge in [-0.15, -0.1) is 6.58 Å². The SMILES string of the molecule is C=CCCCCCn1ccc(CNCCC)c1. The van der Waals surface area contributed by atoms with Gasteiger partial charge in [-0.05, 0) is 43.9 Å². The highest BCUT2D eigenvalue weighted by atomic mass is 14.9. The summed E-state index contributed by atoms with van der Waals surface area (Å²) < 4.78 is 2.30. The topological polar surface area (TPSA) is 17.0 Å². The summed E-state index contributed by atoms with van der Waals surface area (Å²) >= 11 is 0. The van der Waals surface area contributed by atoms with E-state index in [0.29, 0.717) is 0 Å². The molecule has 17 heavy (non-hydrogen) atoms. The standard InChI is InChI=1S/C15H26N2/c1-3-5-6-7-8-11-17-12-9-15(14-17)13-16-10-4-2/h3,9,12,14,16H,1,4-8,10-11,13H2,2H3. The summed E-state index contributed by atoms with van der Waals surface area (Å²) in [6.07, 6.45) is 12.6. The number of nitrogens with zero attached hydrogens (tertiary/aromatic N) is 1. The van der Waals surface area contributed by atoms with Crippen LogP contribution in [0.4, 0.5) is 0 Å². The van der Waals surface area contributed by atoms with Crippen molar-refractivity contribution in [3.8, 4) is 0 Å². The van der Waals surface area contributed by atoms with Crippen LogP contribution in [-0.2, 0) is 13.1 Å². The number of hydrogen-bond acceptors (Lipinski definition) is 1. The van der Waals surface area contributed by atoms with Gasteiger partial charge in [0, 0.05) is 25.5 Å². The molecule has 0 unspecified atom stereocenters. The summed E-state index contributed by atoms with van der Waals surface area (Å²) in [6, 6.07) is 2.21. The van der Waals surface area contributed by atoms with Gasteiger partial charge in [-0.2, -0.15) is 0 Å². The quantitative estimate of drug-likeness (QED) is 0.482. The minimum absolute atomic E-state index is 0.997. The fraction of sp³-hybridized carbons (Fsp3) is 0.600. The molecule has 0 saturated carbocycles. The zero-order valence-electron chi connectivity index (χ0n) is 11.1. The third-order valence-corrected chi connectivity index (χ3v) is 2.89. The molecule has 96 valence electrons. The molecule has 1 aromatic heterocycles. The number of unbranched alkanes of at least 4 members (excludes halogenated alkanes) is 3. The molecule has 0 aromatic carbocycles. The Hall–Kier alpha value is -1.02. The molecule has 0 radical (unpaired) electrons. The molecule has 0 saturated heterocycles. The minimum atomic E-state index is 0.997. The summed E-state index contributed by atoms with van der Waals surface area (Å²) in [5.41, 5.74) is 1.39. The van der Waals surface area contributed by atoms with Gasteiger partial charge in [-0.1, -0.05) is 19.4 Å². The van der Waals surface area contributed by atoms with Gasteiger partial charge in [0.15, 0.2) is 0 Å². The Morgan fingerprint density at radius 1 is 1.35 bits per heavy atom. The van der Waals surface area contributed by atoms with Gasteiger partial charge in [0.05, 0.1) is 0 Å². The van der Waals surface area contributed by atoms with Crippen LogP contribution < -0.4 is 5.32 Å². The van der Waals surface area contributed by atoms with Crippen molar-refractivity contribution in [1.29, 1.82) is 0 Å². The molecule has 1 heterocycles. The highest BCUT2D eigenvalue weighted by molar-refractivity contribution is 5.09. The summed E-state index contributed by atoms with van der Waals surface area (Å²) in [6.45, 7) is 9.18. The van der Waals surface area contributed by atoms with Crippen molar-refractivity contribution in [2.24, 2.45) is 0 Å². The third kappa shape index (κ3) is 6.32. The number of hydrogen-bond donors (Lipinski definition) is 1. The number of aryl methyl sites for hydroxylation is 1. The van der Waals surface area contributed by atoms with E-state index in [4.69, 9.17) is 0 Å². The van der Waals surface area contributed by atoms with Crippen molar-refractivity contribution >= 4 is 0 Å². The molecule has 0 atom stereocenters. The predicted octanol–water partition coefficient (Wildman–Crippen LogP) is 3.73. The van der Waals surface area contributed by atoms with E-state index in [1.807, 2.05) is 6.08 Å². The lowest BCUT2D eigenvalue weighted by Gasteiger charge is -2.02. The molecule has 0 fully saturated rings. The maximum Gasteiger partial charge on any atom is 0.0220 e. The second-order valence-corrected chi connectivity index (χ2v) is 4.57. The average molecular weight is 234 g/mol. The van der Waals surface area contributed by atoms with Crippen molar-refractivity contribution in [2.75, 3.05) is 6.54 Å². The van der Waals surface area contributed by atoms with Crippen molar-refractivity contribution in [3.63, 3.8) is 0 Å². The maximum absolute atomic E-state index is 3.74. The van der Waals surface area contributed by atoms with Gasteiger partial charge in [0.1, 0.15) is 0 Å². The molecule has 0 bridgehead atoms. The Labute approximate surface area is 106 Å². The lowest BCUT2D eigenvalue weighted by atomic mass is 10.2. The monoisotopic (exact) mass is 234 g/mol. The van der Waals surface area contributed by atoms with Crippen molar-refractivity contribution in [2.45, 2.75) is 52.1 Å². The molecule has 0 aliphatic carbocycles. The van der Waals surface area contributed by atoms with Crippen LogP contribution >= 0.6 is 0 Å². The molecule has 0 spiro atoms. The van der Waals surface area contributed by atoms with Gasteiger partial charge in [-0.25, -0.2) is 0 Å². The first kappa shape index (κ1) is 14.0. The molecule has 0 aliphatic rings. The zero-order chi connectivity index (χ0) is 12.3. The number of rotatable bonds is 10. The van der Waals surface area contributed by atoms with E-state index in [1.54, 1.807) is 0 Å². The number of nitrogens with one attached hydrogen (secondary N) is 1. The van der Waals surface area contributed by atoms with Crippen molar-refractivity contribution in [3.05, 3.63) is 36.7 Å². The Morgan fingerprint density at radius 3 is 3.00 bits per heavy atom. The van der Waals surface area contributed by atoms with E-state index < -0.39 is 0 Å². The molecule has 2 heteroatoms. The molecule has 0 aliphatic heterocycles. The van der Waals surface area contributed by atoms with Crippen LogP contribution in [0.1, 0.15) is 44.6 Å². The van der Waals surface area contributed by atoms with Crippen LogP contribution in [0.15, 0.2) is 31.1 Å². The molecular formula is C15H26N2. The molecule has 1 rings (SSSR count).